The highest BCUT2D eigenvalue weighted by atomic mass is 35.5. The fraction of sp³-hybridized carbons (Fsp3) is 0. The molecule has 0 atom stereocenters. The van der Waals surface area contributed by atoms with Crippen LogP contribution in [0.15, 0.2) is 59.4 Å². The lowest BCUT2D eigenvalue weighted by atomic mass is 10.1. The van der Waals surface area contributed by atoms with Gasteiger partial charge in [0, 0.05) is 26.9 Å². The van der Waals surface area contributed by atoms with Crippen molar-refractivity contribution in [2.45, 2.75) is 0 Å². The molecule has 23 heavy (non-hydrogen) atoms. The number of aromatic nitrogens is 2. The van der Waals surface area contributed by atoms with Gasteiger partial charge in [-0.1, -0.05) is 59.6 Å². The van der Waals surface area contributed by atoms with Gasteiger partial charge in [0.05, 0.1) is 5.69 Å². The van der Waals surface area contributed by atoms with E-state index < -0.39 is 5.69 Å². The third kappa shape index (κ3) is 3.70. The van der Waals surface area contributed by atoms with Crippen LogP contribution < -0.4 is 5.69 Å². The Kier molecular flexibility index (Phi) is 4.60. The van der Waals surface area contributed by atoms with Crippen molar-refractivity contribution in [3.05, 3.63) is 86.4 Å². The van der Waals surface area contributed by atoms with Crippen molar-refractivity contribution < 1.29 is 0 Å². The number of nitrogens with one attached hydrogen (secondary N) is 1. The van der Waals surface area contributed by atoms with Crippen molar-refractivity contribution in [1.82, 2.24) is 9.97 Å². The van der Waals surface area contributed by atoms with Crippen molar-refractivity contribution in [2.75, 3.05) is 0 Å². The summed E-state index contributed by atoms with van der Waals surface area (Å²) in [6, 6.07) is 16.6. The summed E-state index contributed by atoms with van der Waals surface area (Å²) in [4.78, 5) is 18.5. The Morgan fingerprint density at radius 3 is 2.30 bits per heavy atom. The number of aromatic amines is 1. The average Bonchev–Trinajstić information content (AvgIpc) is 2.55. The number of hydrogen-bond acceptors (Lipinski definition) is 2. The maximum atomic E-state index is 11.8. The topological polar surface area (TPSA) is 45.8 Å². The van der Waals surface area contributed by atoms with Gasteiger partial charge in [0.1, 0.15) is 0 Å². The second-order valence-corrected chi connectivity index (χ2v) is 5.68. The third-order valence-corrected chi connectivity index (χ3v) is 3.92. The number of H-pyrrole nitrogens is 1. The van der Waals surface area contributed by atoms with Crippen LogP contribution in [0.25, 0.3) is 23.4 Å². The number of nitrogens with zero attached hydrogens (tertiary/aromatic N) is 1. The number of hydrogen-bond donors (Lipinski definition) is 1. The first kappa shape index (κ1) is 15.5. The summed E-state index contributed by atoms with van der Waals surface area (Å²) in [6.45, 7) is 0. The van der Waals surface area contributed by atoms with Gasteiger partial charge in [-0.2, -0.15) is 4.98 Å². The predicted octanol–water partition coefficient (Wildman–Crippen LogP) is 4.91. The van der Waals surface area contributed by atoms with Gasteiger partial charge < -0.3 is 4.98 Å². The lowest BCUT2D eigenvalue weighted by molar-refractivity contribution is 1.07. The molecule has 3 nitrogen and oxygen atoms in total. The molecule has 114 valence electrons. The van der Waals surface area contributed by atoms with Crippen LogP contribution in [0.4, 0.5) is 0 Å². The molecule has 0 saturated heterocycles. The van der Waals surface area contributed by atoms with Crippen molar-refractivity contribution in [3.8, 4) is 11.3 Å². The second-order valence-electron chi connectivity index (χ2n) is 4.86. The van der Waals surface area contributed by atoms with Crippen LogP contribution >= 0.6 is 23.2 Å². The second kappa shape index (κ2) is 6.82. The monoisotopic (exact) mass is 342 g/mol. The van der Waals surface area contributed by atoms with Gasteiger partial charge in [-0.25, -0.2) is 4.79 Å². The lowest BCUT2D eigenvalue weighted by Crippen LogP contribution is -2.12. The molecule has 5 heteroatoms. The molecule has 2 aromatic carbocycles. The molecule has 0 saturated carbocycles. The Morgan fingerprint density at radius 1 is 0.913 bits per heavy atom. The molecular formula is C18H12Cl2N2O. The number of benzene rings is 2. The molecule has 0 aliphatic rings. The quantitative estimate of drug-likeness (QED) is 0.734. The zero-order chi connectivity index (χ0) is 16.2. The maximum Gasteiger partial charge on any atom is 0.345 e. The van der Waals surface area contributed by atoms with E-state index in [-0.39, 0.29) is 0 Å². The summed E-state index contributed by atoms with van der Waals surface area (Å²) in [5.74, 6) is 0. The van der Waals surface area contributed by atoms with Crippen LogP contribution in [0.3, 0.4) is 0 Å². The molecule has 0 bridgehead atoms. The molecule has 3 rings (SSSR count). The Bertz CT molecular complexity index is 898. The van der Waals surface area contributed by atoms with Gasteiger partial charge >= 0.3 is 5.69 Å². The molecule has 0 aliphatic heterocycles. The van der Waals surface area contributed by atoms with Gasteiger partial charge in [0.15, 0.2) is 0 Å². The predicted molar refractivity (Wildman–Crippen MR) is 95.7 cm³/mol. The lowest BCUT2D eigenvalue weighted by Gasteiger charge is -2.03. The highest BCUT2D eigenvalue weighted by molar-refractivity contribution is 6.37. The molecule has 0 radical (unpaired) electrons. The Hall–Kier alpha value is -2.36. The highest BCUT2D eigenvalue weighted by Gasteiger charge is 2.04. The summed E-state index contributed by atoms with van der Waals surface area (Å²) >= 11 is 12.3. The van der Waals surface area contributed by atoms with E-state index in [0.717, 1.165) is 5.56 Å². The summed E-state index contributed by atoms with van der Waals surface area (Å²) < 4.78 is 0. The summed E-state index contributed by atoms with van der Waals surface area (Å²) in [6.07, 6.45) is 3.52. The van der Waals surface area contributed by atoms with Gasteiger partial charge in [0.2, 0.25) is 0 Å². The van der Waals surface area contributed by atoms with Crippen molar-refractivity contribution in [2.24, 2.45) is 0 Å². The molecule has 1 heterocycles. The zero-order valence-electron chi connectivity index (χ0n) is 12.0. The van der Waals surface area contributed by atoms with E-state index in [1.54, 1.807) is 36.4 Å². The Labute approximate surface area is 143 Å². The van der Waals surface area contributed by atoms with Crippen LogP contribution in [0, 0.1) is 0 Å². The van der Waals surface area contributed by atoms with Crippen LogP contribution in [-0.4, -0.2) is 9.97 Å². The molecule has 1 aromatic heterocycles. The molecule has 3 aromatic rings. The van der Waals surface area contributed by atoms with Crippen LogP contribution in [0.5, 0.6) is 0 Å². The Morgan fingerprint density at radius 2 is 1.61 bits per heavy atom. The minimum absolute atomic E-state index is 0.406. The molecule has 0 unspecified atom stereocenters. The first-order chi connectivity index (χ1) is 11.1. The number of halogens is 2. The molecule has 1 N–H and O–H groups in total. The van der Waals surface area contributed by atoms with E-state index in [9.17, 15) is 4.79 Å². The largest absolute Gasteiger partial charge is 0.345 e. The summed E-state index contributed by atoms with van der Waals surface area (Å²) in [5.41, 5.74) is 2.41. The van der Waals surface area contributed by atoms with Crippen molar-refractivity contribution >= 4 is 35.4 Å². The minimum atomic E-state index is -0.406. The molecule has 0 amide bonds. The van der Waals surface area contributed by atoms with Gasteiger partial charge in [-0.05, 0) is 30.4 Å². The van der Waals surface area contributed by atoms with Crippen LogP contribution in [0.2, 0.25) is 10.0 Å². The molecule has 0 aliphatic carbocycles. The van der Waals surface area contributed by atoms with E-state index in [2.05, 4.69) is 9.97 Å². The molecular weight excluding hydrogens is 331 g/mol. The van der Waals surface area contributed by atoms with Gasteiger partial charge in [-0.3, -0.25) is 0 Å². The number of rotatable bonds is 3. The zero-order valence-corrected chi connectivity index (χ0v) is 13.5. The van der Waals surface area contributed by atoms with E-state index in [0.29, 0.717) is 27.0 Å². The standard InChI is InChI=1S/C18H12Cl2N2O/c19-15-7-4-8-16(20)14(15)10-9-13-11-17(22-18(23)21-13)12-5-2-1-3-6-12/h1-11H,(H,21,22,23). The van der Waals surface area contributed by atoms with E-state index >= 15 is 0 Å². The van der Waals surface area contributed by atoms with E-state index in [1.807, 2.05) is 30.3 Å². The first-order valence-corrected chi connectivity index (χ1v) is 7.68. The normalized spacial score (nSPS) is 11.0. The first-order valence-electron chi connectivity index (χ1n) is 6.92. The molecule has 0 fully saturated rings. The van der Waals surface area contributed by atoms with Crippen molar-refractivity contribution in [3.63, 3.8) is 0 Å². The summed E-state index contributed by atoms with van der Waals surface area (Å²) in [5, 5.41) is 1.10. The van der Waals surface area contributed by atoms with Crippen molar-refractivity contribution in [1.29, 1.82) is 0 Å². The third-order valence-electron chi connectivity index (χ3n) is 3.26. The average molecular weight is 343 g/mol. The van der Waals surface area contributed by atoms with E-state index in [4.69, 9.17) is 23.2 Å². The summed E-state index contributed by atoms with van der Waals surface area (Å²) in [7, 11) is 0. The maximum absolute atomic E-state index is 11.8. The highest BCUT2D eigenvalue weighted by Crippen LogP contribution is 2.26. The fourth-order valence-corrected chi connectivity index (χ4v) is 2.69. The minimum Gasteiger partial charge on any atom is -0.306 e. The fourth-order valence-electron chi connectivity index (χ4n) is 2.17. The smallest absolute Gasteiger partial charge is 0.306 e. The van der Waals surface area contributed by atoms with Crippen LogP contribution in [-0.2, 0) is 0 Å². The van der Waals surface area contributed by atoms with Crippen LogP contribution in [0.1, 0.15) is 11.3 Å². The van der Waals surface area contributed by atoms with Gasteiger partial charge in [-0.15, -0.1) is 0 Å². The molecule has 0 spiro atoms. The van der Waals surface area contributed by atoms with E-state index in [1.165, 1.54) is 0 Å². The van der Waals surface area contributed by atoms with Gasteiger partial charge in [0.25, 0.3) is 0 Å². The SMILES string of the molecule is O=c1nc(-c2ccccc2)cc(C=Cc2c(Cl)cccc2Cl)[nH]1. The Balaban J connectivity index is 2.00.